The van der Waals surface area contributed by atoms with Crippen LogP contribution in [0.15, 0.2) is 0 Å². The topological polar surface area (TPSA) is 52.6 Å². The molecule has 0 aromatic heterocycles. The van der Waals surface area contributed by atoms with Crippen molar-refractivity contribution in [2.24, 2.45) is 0 Å². The van der Waals surface area contributed by atoms with E-state index in [1.807, 2.05) is 6.92 Å². The summed E-state index contributed by atoms with van der Waals surface area (Å²) in [5, 5.41) is 0. The Hall–Kier alpha value is -1.06. The van der Waals surface area contributed by atoms with Crippen molar-refractivity contribution < 1.29 is 19.1 Å². The minimum absolute atomic E-state index is 0.0637. The molecule has 0 radical (unpaired) electrons. The summed E-state index contributed by atoms with van der Waals surface area (Å²) < 4.78 is 10.6. The zero-order valence-corrected chi connectivity index (χ0v) is 21.1. The Labute approximate surface area is 193 Å². The van der Waals surface area contributed by atoms with Crippen LogP contribution in [0.1, 0.15) is 149 Å². The third-order valence-corrected chi connectivity index (χ3v) is 5.84. The summed E-state index contributed by atoms with van der Waals surface area (Å²) >= 11 is 0. The number of unbranched alkanes of at least 4 members (excludes halogenated alkanes) is 15. The van der Waals surface area contributed by atoms with Crippen LogP contribution in [0.4, 0.5) is 0 Å². The largest absolute Gasteiger partial charge is 0.466 e. The van der Waals surface area contributed by atoms with Gasteiger partial charge in [-0.1, -0.05) is 110 Å². The van der Waals surface area contributed by atoms with Gasteiger partial charge < -0.3 is 9.47 Å². The molecule has 0 aliphatic carbocycles. The standard InChI is InChI=1S/C27H52O4/c1-4-6-8-10-11-12-13-14-15-16-17-18-20-24-30-26(28)22-23-27(29)31-25(3)21-19-9-7-5-2/h25H,4-24H2,1-3H3. The van der Waals surface area contributed by atoms with Crippen molar-refractivity contribution in [2.45, 2.75) is 155 Å². The molecule has 184 valence electrons. The maximum Gasteiger partial charge on any atom is 0.306 e. The lowest BCUT2D eigenvalue weighted by Crippen LogP contribution is -2.16. The van der Waals surface area contributed by atoms with Gasteiger partial charge in [-0.25, -0.2) is 0 Å². The Kier molecular flexibility index (Phi) is 22.8. The van der Waals surface area contributed by atoms with Crippen LogP contribution in [0.25, 0.3) is 0 Å². The molecule has 0 aromatic rings. The summed E-state index contributed by atoms with van der Waals surface area (Å²) in [6, 6.07) is 0. The molecule has 0 saturated carbocycles. The molecule has 0 N–H and O–H groups in total. The monoisotopic (exact) mass is 440 g/mol. The van der Waals surface area contributed by atoms with Crippen LogP contribution < -0.4 is 0 Å². The third-order valence-electron chi connectivity index (χ3n) is 5.84. The van der Waals surface area contributed by atoms with Crippen LogP contribution in [-0.2, 0) is 19.1 Å². The lowest BCUT2D eigenvalue weighted by Gasteiger charge is -2.13. The van der Waals surface area contributed by atoms with Gasteiger partial charge in [0.15, 0.2) is 0 Å². The van der Waals surface area contributed by atoms with Crippen LogP contribution in [0.3, 0.4) is 0 Å². The van der Waals surface area contributed by atoms with Gasteiger partial charge in [0.2, 0.25) is 0 Å². The zero-order valence-electron chi connectivity index (χ0n) is 21.1. The van der Waals surface area contributed by atoms with Gasteiger partial charge in [-0.15, -0.1) is 0 Å². The maximum absolute atomic E-state index is 11.8. The molecule has 0 fully saturated rings. The molecule has 4 heteroatoms. The summed E-state index contributed by atoms with van der Waals surface area (Å²) in [6.45, 7) is 6.85. The summed E-state index contributed by atoms with van der Waals surface area (Å²) in [4.78, 5) is 23.6. The van der Waals surface area contributed by atoms with Gasteiger partial charge >= 0.3 is 11.9 Å². The van der Waals surface area contributed by atoms with Crippen LogP contribution in [0.5, 0.6) is 0 Å². The molecule has 0 bridgehead atoms. The number of carbonyl (C=O) groups excluding carboxylic acids is 2. The van der Waals surface area contributed by atoms with Gasteiger partial charge in [0.05, 0.1) is 25.6 Å². The van der Waals surface area contributed by atoms with E-state index in [0.717, 1.165) is 25.7 Å². The number of ether oxygens (including phenoxy) is 2. The lowest BCUT2D eigenvalue weighted by molar-refractivity contribution is -0.153. The van der Waals surface area contributed by atoms with E-state index in [0.29, 0.717) is 6.61 Å². The molecule has 1 atom stereocenters. The quantitative estimate of drug-likeness (QED) is 0.118. The average molecular weight is 441 g/mol. The van der Waals surface area contributed by atoms with E-state index in [9.17, 15) is 9.59 Å². The van der Waals surface area contributed by atoms with E-state index in [1.165, 1.54) is 89.9 Å². The smallest absolute Gasteiger partial charge is 0.306 e. The van der Waals surface area contributed by atoms with Crippen LogP contribution in [-0.4, -0.2) is 24.6 Å². The van der Waals surface area contributed by atoms with Crippen molar-refractivity contribution in [1.29, 1.82) is 0 Å². The van der Waals surface area contributed by atoms with Gasteiger partial charge in [-0.3, -0.25) is 9.59 Å². The Morgan fingerprint density at radius 1 is 0.581 bits per heavy atom. The summed E-state index contributed by atoms with van der Waals surface area (Å²) in [7, 11) is 0. The van der Waals surface area contributed by atoms with Crippen molar-refractivity contribution >= 4 is 11.9 Å². The van der Waals surface area contributed by atoms with E-state index in [4.69, 9.17) is 9.47 Å². The molecular weight excluding hydrogens is 388 g/mol. The van der Waals surface area contributed by atoms with Crippen molar-refractivity contribution in [3.63, 3.8) is 0 Å². The number of hydrogen-bond donors (Lipinski definition) is 0. The van der Waals surface area contributed by atoms with Crippen LogP contribution in [0.2, 0.25) is 0 Å². The van der Waals surface area contributed by atoms with Gasteiger partial charge in [-0.05, 0) is 26.2 Å². The van der Waals surface area contributed by atoms with Crippen molar-refractivity contribution in [1.82, 2.24) is 0 Å². The fourth-order valence-corrected chi connectivity index (χ4v) is 3.78. The van der Waals surface area contributed by atoms with E-state index in [-0.39, 0.29) is 30.9 Å². The fourth-order valence-electron chi connectivity index (χ4n) is 3.78. The number of carbonyl (C=O) groups is 2. The van der Waals surface area contributed by atoms with Crippen LogP contribution >= 0.6 is 0 Å². The molecular formula is C27H52O4. The number of rotatable bonds is 23. The highest BCUT2D eigenvalue weighted by Crippen LogP contribution is 2.13. The van der Waals surface area contributed by atoms with Gasteiger partial charge in [0.25, 0.3) is 0 Å². The highest BCUT2D eigenvalue weighted by Gasteiger charge is 2.12. The molecule has 31 heavy (non-hydrogen) atoms. The van der Waals surface area contributed by atoms with Gasteiger partial charge in [0, 0.05) is 0 Å². The zero-order chi connectivity index (χ0) is 23.0. The summed E-state index contributed by atoms with van der Waals surface area (Å²) in [5.41, 5.74) is 0. The highest BCUT2D eigenvalue weighted by molar-refractivity contribution is 5.77. The molecule has 0 spiro atoms. The Bertz CT molecular complexity index is 408. The first-order valence-corrected chi connectivity index (χ1v) is 13.4. The second-order valence-electron chi connectivity index (χ2n) is 9.11. The molecule has 0 amide bonds. The SMILES string of the molecule is CCCCCCCCCCCCCCCOC(=O)CCC(=O)OC(C)CCCCCC. The predicted molar refractivity (Wildman–Crippen MR) is 130 cm³/mol. The molecule has 0 saturated heterocycles. The molecule has 0 rings (SSSR count). The normalized spacial score (nSPS) is 12.0. The second kappa shape index (κ2) is 23.6. The highest BCUT2D eigenvalue weighted by atomic mass is 16.5. The molecule has 4 nitrogen and oxygen atoms in total. The van der Waals surface area contributed by atoms with Gasteiger partial charge in [-0.2, -0.15) is 0 Å². The average Bonchev–Trinajstić information content (AvgIpc) is 2.75. The first-order valence-electron chi connectivity index (χ1n) is 13.4. The molecule has 1 unspecified atom stereocenters. The molecule has 0 aromatic carbocycles. The molecule has 0 aliphatic heterocycles. The minimum atomic E-state index is -0.291. The minimum Gasteiger partial charge on any atom is -0.466 e. The van der Waals surface area contributed by atoms with E-state index >= 15 is 0 Å². The summed E-state index contributed by atoms with van der Waals surface area (Å²) in [6.07, 6.45) is 22.7. The van der Waals surface area contributed by atoms with Crippen molar-refractivity contribution in [2.75, 3.05) is 6.61 Å². The number of esters is 2. The number of hydrogen-bond acceptors (Lipinski definition) is 4. The lowest BCUT2D eigenvalue weighted by atomic mass is 10.0. The van der Waals surface area contributed by atoms with E-state index < -0.39 is 0 Å². The Balaban J connectivity index is 3.38. The molecule has 0 aliphatic rings. The van der Waals surface area contributed by atoms with Crippen molar-refractivity contribution in [3.05, 3.63) is 0 Å². The van der Waals surface area contributed by atoms with E-state index in [1.54, 1.807) is 0 Å². The third kappa shape index (κ3) is 23.4. The van der Waals surface area contributed by atoms with Gasteiger partial charge in [0.1, 0.15) is 0 Å². The predicted octanol–water partition coefficient (Wildman–Crippen LogP) is 8.30. The first-order chi connectivity index (χ1) is 15.1. The van der Waals surface area contributed by atoms with Crippen molar-refractivity contribution in [3.8, 4) is 0 Å². The molecule has 0 heterocycles. The summed E-state index contributed by atoms with van der Waals surface area (Å²) in [5.74, 6) is -0.576. The van der Waals surface area contributed by atoms with E-state index in [2.05, 4.69) is 13.8 Å². The Morgan fingerprint density at radius 2 is 1.00 bits per heavy atom. The Morgan fingerprint density at radius 3 is 1.52 bits per heavy atom. The first kappa shape index (κ1) is 29.9. The van der Waals surface area contributed by atoms with Crippen LogP contribution in [0, 0.1) is 0 Å². The fraction of sp³-hybridized carbons (Fsp3) is 0.926. The second-order valence-corrected chi connectivity index (χ2v) is 9.11. The maximum atomic E-state index is 11.8.